The van der Waals surface area contributed by atoms with Crippen LogP contribution in [0.3, 0.4) is 0 Å². The van der Waals surface area contributed by atoms with Crippen molar-refractivity contribution in [3.8, 4) is 5.75 Å². The van der Waals surface area contributed by atoms with Gasteiger partial charge >= 0.3 is 0 Å². The lowest BCUT2D eigenvalue weighted by Crippen LogP contribution is -2.22. The van der Waals surface area contributed by atoms with Gasteiger partial charge in [-0.3, -0.25) is 4.68 Å². The van der Waals surface area contributed by atoms with Crippen molar-refractivity contribution in [2.24, 2.45) is 0 Å². The van der Waals surface area contributed by atoms with Crippen molar-refractivity contribution in [2.75, 3.05) is 14.2 Å². The Morgan fingerprint density at radius 2 is 2.14 bits per heavy atom. The van der Waals surface area contributed by atoms with Gasteiger partial charge in [-0.1, -0.05) is 6.07 Å². The van der Waals surface area contributed by atoms with E-state index in [1.807, 2.05) is 20.0 Å². The highest BCUT2D eigenvalue weighted by atomic mass is 79.9. The highest BCUT2D eigenvalue weighted by Gasteiger charge is 2.16. The van der Waals surface area contributed by atoms with Crippen LogP contribution in [0, 0.1) is 6.92 Å². The lowest BCUT2D eigenvalue weighted by molar-refractivity contribution is 0.412. The van der Waals surface area contributed by atoms with Crippen LogP contribution in [-0.2, 0) is 13.0 Å². The van der Waals surface area contributed by atoms with Gasteiger partial charge in [-0.05, 0) is 67.0 Å². The second-order valence-corrected chi connectivity index (χ2v) is 5.89. The van der Waals surface area contributed by atoms with Crippen LogP contribution in [0.1, 0.15) is 29.9 Å². The quantitative estimate of drug-likeness (QED) is 0.865. The van der Waals surface area contributed by atoms with E-state index in [9.17, 15) is 0 Å². The topological polar surface area (TPSA) is 39.1 Å². The van der Waals surface area contributed by atoms with E-state index in [0.29, 0.717) is 0 Å². The monoisotopic (exact) mass is 351 g/mol. The van der Waals surface area contributed by atoms with E-state index in [-0.39, 0.29) is 6.04 Å². The summed E-state index contributed by atoms with van der Waals surface area (Å²) in [6.45, 7) is 5.03. The molecule has 0 saturated carbocycles. The molecular formula is C16H22BrN3O. The molecule has 114 valence electrons. The molecule has 0 aliphatic heterocycles. The minimum Gasteiger partial charge on any atom is -0.496 e. The van der Waals surface area contributed by atoms with Crippen molar-refractivity contribution in [2.45, 2.75) is 32.9 Å². The zero-order valence-corrected chi connectivity index (χ0v) is 14.6. The second kappa shape index (κ2) is 7.09. The summed E-state index contributed by atoms with van der Waals surface area (Å²) in [4.78, 5) is 0. The summed E-state index contributed by atoms with van der Waals surface area (Å²) in [6, 6.07) is 8.61. The molecule has 0 aliphatic rings. The Morgan fingerprint density at radius 3 is 2.71 bits per heavy atom. The predicted molar refractivity (Wildman–Crippen MR) is 88.8 cm³/mol. The molecule has 0 aliphatic carbocycles. The Balaban J connectivity index is 2.24. The van der Waals surface area contributed by atoms with E-state index < -0.39 is 0 Å². The number of aromatic nitrogens is 2. The molecule has 0 amide bonds. The molecule has 0 bridgehead atoms. The molecule has 1 heterocycles. The third kappa shape index (κ3) is 3.66. The number of hydrogen-bond donors (Lipinski definition) is 1. The maximum atomic E-state index is 5.28. The summed E-state index contributed by atoms with van der Waals surface area (Å²) in [6.07, 6.45) is 0.907. The van der Waals surface area contributed by atoms with Crippen LogP contribution in [0.2, 0.25) is 0 Å². The summed E-state index contributed by atoms with van der Waals surface area (Å²) < 4.78 is 8.33. The first-order valence-corrected chi connectivity index (χ1v) is 7.92. The minimum atomic E-state index is 0.242. The first-order chi connectivity index (χ1) is 10.1. The average Bonchev–Trinajstić information content (AvgIpc) is 2.86. The van der Waals surface area contributed by atoms with E-state index in [4.69, 9.17) is 4.74 Å². The predicted octanol–water partition coefficient (Wildman–Crippen LogP) is 3.49. The standard InChI is InChI=1S/C16H22BrN3O/c1-5-20-15(8-11(2)19-20)14(18-3)10-12-6-7-16(21-4)13(17)9-12/h6-9,14,18H,5,10H2,1-4H3. The molecule has 1 N–H and O–H groups in total. The van der Waals surface area contributed by atoms with Crippen LogP contribution in [0.15, 0.2) is 28.7 Å². The van der Waals surface area contributed by atoms with Gasteiger partial charge < -0.3 is 10.1 Å². The van der Waals surface area contributed by atoms with E-state index >= 15 is 0 Å². The number of nitrogens with one attached hydrogen (secondary N) is 1. The highest BCUT2D eigenvalue weighted by molar-refractivity contribution is 9.10. The summed E-state index contributed by atoms with van der Waals surface area (Å²) in [5.74, 6) is 0.856. The van der Waals surface area contributed by atoms with Crippen molar-refractivity contribution < 1.29 is 4.74 Å². The Bertz CT molecular complexity index is 610. The number of benzene rings is 1. The smallest absolute Gasteiger partial charge is 0.133 e. The van der Waals surface area contributed by atoms with Crippen molar-refractivity contribution in [1.29, 1.82) is 0 Å². The maximum Gasteiger partial charge on any atom is 0.133 e. The molecule has 1 unspecified atom stereocenters. The van der Waals surface area contributed by atoms with Crippen LogP contribution >= 0.6 is 15.9 Å². The Morgan fingerprint density at radius 1 is 1.38 bits per heavy atom. The Hall–Kier alpha value is -1.33. The van der Waals surface area contributed by atoms with Crippen LogP contribution in [0.4, 0.5) is 0 Å². The van der Waals surface area contributed by atoms with Gasteiger partial charge in [0.1, 0.15) is 5.75 Å². The maximum absolute atomic E-state index is 5.28. The van der Waals surface area contributed by atoms with Gasteiger partial charge in [0, 0.05) is 6.54 Å². The van der Waals surface area contributed by atoms with Crippen molar-refractivity contribution >= 4 is 15.9 Å². The molecule has 21 heavy (non-hydrogen) atoms. The largest absolute Gasteiger partial charge is 0.496 e. The molecule has 4 nitrogen and oxygen atoms in total. The molecule has 2 aromatic rings. The number of halogens is 1. The van der Waals surface area contributed by atoms with Gasteiger partial charge in [0.25, 0.3) is 0 Å². The zero-order chi connectivity index (χ0) is 15.4. The molecule has 0 saturated heterocycles. The first-order valence-electron chi connectivity index (χ1n) is 7.13. The fourth-order valence-corrected chi connectivity index (χ4v) is 3.11. The van der Waals surface area contributed by atoms with Gasteiger partial charge in [0.2, 0.25) is 0 Å². The third-order valence-corrected chi connectivity index (χ3v) is 4.21. The fourth-order valence-electron chi connectivity index (χ4n) is 2.53. The van der Waals surface area contributed by atoms with Crippen molar-refractivity contribution in [1.82, 2.24) is 15.1 Å². The number of nitrogens with zero attached hydrogens (tertiary/aromatic N) is 2. The number of aryl methyl sites for hydroxylation is 2. The summed E-state index contributed by atoms with van der Waals surface area (Å²) in [7, 11) is 3.67. The molecular weight excluding hydrogens is 330 g/mol. The molecule has 2 rings (SSSR count). The van der Waals surface area contributed by atoms with Gasteiger partial charge in [-0.2, -0.15) is 5.10 Å². The first kappa shape index (κ1) is 16.0. The molecule has 0 spiro atoms. The van der Waals surface area contributed by atoms with Gasteiger partial charge in [0.15, 0.2) is 0 Å². The highest BCUT2D eigenvalue weighted by Crippen LogP contribution is 2.28. The molecule has 0 radical (unpaired) electrons. The molecule has 1 atom stereocenters. The van der Waals surface area contributed by atoms with E-state index in [0.717, 1.165) is 28.9 Å². The number of rotatable bonds is 6. The Kier molecular flexibility index (Phi) is 5.42. The lowest BCUT2D eigenvalue weighted by atomic mass is 10.0. The Labute approximate surface area is 134 Å². The second-order valence-electron chi connectivity index (χ2n) is 5.04. The molecule has 0 fully saturated rings. The SMILES string of the molecule is CCn1nc(C)cc1C(Cc1ccc(OC)c(Br)c1)NC. The molecule has 1 aromatic heterocycles. The summed E-state index contributed by atoms with van der Waals surface area (Å²) in [5, 5.41) is 7.93. The fraction of sp³-hybridized carbons (Fsp3) is 0.438. The summed E-state index contributed by atoms with van der Waals surface area (Å²) in [5.41, 5.74) is 3.54. The molecule has 5 heteroatoms. The van der Waals surface area contributed by atoms with E-state index in [1.165, 1.54) is 11.3 Å². The molecule has 1 aromatic carbocycles. The lowest BCUT2D eigenvalue weighted by Gasteiger charge is -2.18. The number of likely N-dealkylation sites (N-methyl/N-ethyl adjacent to an activating group) is 1. The van der Waals surface area contributed by atoms with Crippen molar-refractivity contribution in [3.05, 3.63) is 45.7 Å². The minimum absolute atomic E-state index is 0.242. The normalized spacial score (nSPS) is 12.4. The van der Waals surface area contributed by atoms with Crippen LogP contribution in [-0.4, -0.2) is 23.9 Å². The number of ether oxygens (including phenoxy) is 1. The van der Waals surface area contributed by atoms with Gasteiger partial charge in [-0.15, -0.1) is 0 Å². The van der Waals surface area contributed by atoms with E-state index in [1.54, 1.807) is 7.11 Å². The number of hydrogen-bond acceptors (Lipinski definition) is 3. The van der Waals surface area contributed by atoms with E-state index in [2.05, 4.69) is 56.2 Å². The van der Waals surface area contributed by atoms with Gasteiger partial charge in [-0.25, -0.2) is 0 Å². The van der Waals surface area contributed by atoms with Gasteiger partial charge in [0.05, 0.1) is 29.0 Å². The third-order valence-electron chi connectivity index (χ3n) is 3.59. The zero-order valence-electron chi connectivity index (χ0n) is 13.0. The van der Waals surface area contributed by atoms with Crippen LogP contribution in [0.25, 0.3) is 0 Å². The van der Waals surface area contributed by atoms with Crippen LogP contribution in [0.5, 0.6) is 5.75 Å². The van der Waals surface area contributed by atoms with Crippen molar-refractivity contribution in [3.63, 3.8) is 0 Å². The van der Waals surface area contributed by atoms with Crippen LogP contribution < -0.4 is 10.1 Å². The summed E-state index contributed by atoms with van der Waals surface area (Å²) >= 11 is 3.54. The average molecular weight is 352 g/mol. The number of methoxy groups -OCH3 is 1.